The van der Waals surface area contributed by atoms with Crippen molar-refractivity contribution in [1.82, 2.24) is 19.1 Å². The fraction of sp³-hybridized carbons (Fsp3) is 0. The third kappa shape index (κ3) is 2.79. The molecule has 34 heavy (non-hydrogen) atoms. The van der Waals surface area contributed by atoms with Crippen molar-refractivity contribution in [2.24, 2.45) is 0 Å². The van der Waals surface area contributed by atoms with Crippen LogP contribution in [0.4, 0.5) is 0 Å². The highest BCUT2D eigenvalue weighted by atomic mass is 15.1. The predicted molar refractivity (Wildman–Crippen MR) is 139 cm³/mol. The van der Waals surface area contributed by atoms with E-state index in [1.54, 1.807) is 6.20 Å². The number of pyridine rings is 2. The van der Waals surface area contributed by atoms with Crippen molar-refractivity contribution in [3.63, 3.8) is 0 Å². The minimum absolute atomic E-state index is 0.897. The molecule has 7 rings (SSSR count). The van der Waals surface area contributed by atoms with E-state index in [1.807, 2.05) is 24.5 Å². The number of nitrogens with zero attached hydrogens (tertiary/aromatic N) is 4. The molecule has 0 amide bonds. The second kappa shape index (κ2) is 7.42. The Hall–Kier alpha value is -4.70. The van der Waals surface area contributed by atoms with E-state index in [4.69, 9.17) is 4.98 Å². The topological polar surface area (TPSA) is 35.6 Å². The maximum Gasteiger partial charge on any atom is 0.137 e. The third-order valence-corrected chi connectivity index (χ3v) is 6.51. The average Bonchev–Trinajstić information content (AvgIpc) is 3.49. The van der Waals surface area contributed by atoms with Crippen LogP contribution >= 0.6 is 0 Å². The molecule has 0 saturated carbocycles. The van der Waals surface area contributed by atoms with Gasteiger partial charge >= 0.3 is 0 Å². The number of para-hydroxylation sites is 2. The van der Waals surface area contributed by atoms with Crippen LogP contribution in [0.5, 0.6) is 0 Å². The summed E-state index contributed by atoms with van der Waals surface area (Å²) in [6.45, 7) is 0. The van der Waals surface area contributed by atoms with Gasteiger partial charge in [0.05, 0.1) is 16.6 Å². The smallest absolute Gasteiger partial charge is 0.137 e. The van der Waals surface area contributed by atoms with Gasteiger partial charge in [-0.15, -0.1) is 0 Å². The Labute approximate surface area is 196 Å². The van der Waals surface area contributed by atoms with E-state index >= 15 is 0 Å². The van der Waals surface area contributed by atoms with Crippen LogP contribution in [0.25, 0.3) is 55.3 Å². The van der Waals surface area contributed by atoms with E-state index in [2.05, 4.69) is 105 Å². The Morgan fingerprint density at radius 1 is 0.559 bits per heavy atom. The standard InChI is InChI=1S/C30H20N4/c1-2-8-23(9-3-1)34-27-11-5-4-10-24(27)30-25-16-18-33(26(25)13-14-28(30)34)29-15-12-22(20-32-29)21-7-6-17-31-19-21/h1-20H. The van der Waals surface area contributed by atoms with Crippen molar-refractivity contribution in [2.45, 2.75) is 0 Å². The van der Waals surface area contributed by atoms with Gasteiger partial charge in [-0.05, 0) is 54.6 Å². The molecule has 0 fully saturated rings. The lowest BCUT2D eigenvalue weighted by molar-refractivity contribution is 1.04. The second-order valence-electron chi connectivity index (χ2n) is 8.41. The van der Waals surface area contributed by atoms with Crippen LogP contribution in [-0.2, 0) is 0 Å². The summed E-state index contributed by atoms with van der Waals surface area (Å²) in [6.07, 6.45) is 7.68. The zero-order chi connectivity index (χ0) is 22.5. The highest BCUT2D eigenvalue weighted by Gasteiger charge is 2.16. The maximum atomic E-state index is 4.77. The number of rotatable bonds is 3. The molecule has 0 aliphatic heterocycles. The Balaban J connectivity index is 1.44. The molecule has 3 aromatic carbocycles. The van der Waals surface area contributed by atoms with Crippen molar-refractivity contribution in [1.29, 1.82) is 0 Å². The number of aromatic nitrogens is 4. The Kier molecular flexibility index (Phi) is 4.11. The van der Waals surface area contributed by atoms with Crippen LogP contribution < -0.4 is 0 Å². The average molecular weight is 437 g/mol. The number of hydrogen-bond acceptors (Lipinski definition) is 2. The first-order valence-electron chi connectivity index (χ1n) is 11.3. The monoisotopic (exact) mass is 436 g/mol. The van der Waals surface area contributed by atoms with Crippen LogP contribution in [-0.4, -0.2) is 19.1 Å². The van der Waals surface area contributed by atoms with Gasteiger partial charge in [0.15, 0.2) is 0 Å². The first-order valence-corrected chi connectivity index (χ1v) is 11.3. The van der Waals surface area contributed by atoms with E-state index in [9.17, 15) is 0 Å². The molecular formula is C30H20N4. The van der Waals surface area contributed by atoms with Gasteiger partial charge in [0, 0.05) is 57.8 Å². The first kappa shape index (κ1) is 18.8. The van der Waals surface area contributed by atoms with Gasteiger partial charge in [0.1, 0.15) is 5.82 Å². The Morgan fingerprint density at radius 2 is 1.35 bits per heavy atom. The molecule has 0 atom stereocenters. The normalized spacial score (nSPS) is 11.5. The molecule has 0 saturated heterocycles. The SMILES string of the molecule is c1ccc(-n2c3ccccc3c3c4ccn(-c5ccc(-c6cccnc6)cn5)c4ccc32)cc1. The lowest BCUT2D eigenvalue weighted by Crippen LogP contribution is -1.96. The number of benzene rings is 3. The van der Waals surface area contributed by atoms with Crippen LogP contribution in [0.15, 0.2) is 122 Å². The number of hydrogen-bond donors (Lipinski definition) is 0. The van der Waals surface area contributed by atoms with Gasteiger partial charge in [0.25, 0.3) is 0 Å². The molecule has 7 aromatic rings. The molecule has 0 spiro atoms. The highest BCUT2D eigenvalue weighted by molar-refractivity contribution is 6.21. The molecule has 0 radical (unpaired) electrons. The minimum atomic E-state index is 0.897. The van der Waals surface area contributed by atoms with Crippen LogP contribution in [0.1, 0.15) is 0 Å². The molecule has 0 aliphatic rings. The quantitative estimate of drug-likeness (QED) is 0.294. The van der Waals surface area contributed by atoms with Gasteiger partial charge < -0.3 is 9.13 Å². The highest BCUT2D eigenvalue weighted by Crippen LogP contribution is 2.37. The molecule has 4 heterocycles. The van der Waals surface area contributed by atoms with Gasteiger partial charge in [-0.25, -0.2) is 4.98 Å². The zero-order valence-electron chi connectivity index (χ0n) is 18.3. The van der Waals surface area contributed by atoms with Gasteiger partial charge in [0.2, 0.25) is 0 Å². The van der Waals surface area contributed by atoms with Crippen molar-refractivity contribution >= 4 is 32.7 Å². The minimum Gasteiger partial charge on any atom is -0.309 e. The lowest BCUT2D eigenvalue weighted by Gasteiger charge is -2.08. The van der Waals surface area contributed by atoms with Crippen LogP contribution in [0.2, 0.25) is 0 Å². The summed E-state index contributed by atoms with van der Waals surface area (Å²) >= 11 is 0. The van der Waals surface area contributed by atoms with Crippen LogP contribution in [0, 0.1) is 0 Å². The van der Waals surface area contributed by atoms with Crippen molar-refractivity contribution in [2.75, 3.05) is 0 Å². The van der Waals surface area contributed by atoms with Gasteiger partial charge in [-0.3, -0.25) is 4.98 Å². The second-order valence-corrected chi connectivity index (χ2v) is 8.41. The predicted octanol–water partition coefficient (Wildman–Crippen LogP) is 7.18. The molecule has 0 N–H and O–H groups in total. The third-order valence-electron chi connectivity index (χ3n) is 6.51. The summed E-state index contributed by atoms with van der Waals surface area (Å²) in [6, 6.07) is 34.0. The Morgan fingerprint density at radius 3 is 2.18 bits per heavy atom. The van der Waals surface area contributed by atoms with E-state index in [-0.39, 0.29) is 0 Å². The molecule has 4 nitrogen and oxygen atoms in total. The Bertz CT molecular complexity index is 1780. The molecule has 0 aliphatic carbocycles. The summed E-state index contributed by atoms with van der Waals surface area (Å²) in [4.78, 5) is 8.99. The fourth-order valence-corrected chi connectivity index (χ4v) is 4.97. The summed E-state index contributed by atoms with van der Waals surface area (Å²) in [7, 11) is 0. The van der Waals surface area contributed by atoms with E-state index in [0.29, 0.717) is 0 Å². The molecule has 160 valence electrons. The van der Waals surface area contributed by atoms with E-state index in [1.165, 1.54) is 32.9 Å². The number of fused-ring (bicyclic) bond motifs is 5. The molecule has 0 unspecified atom stereocenters. The fourth-order valence-electron chi connectivity index (χ4n) is 4.97. The summed E-state index contributed by atoms with van der Waals surface area (Å²) in [5, 5.41) is 3.74. The first-order chi connectivity index (χ1) is 16.9. The molecule has 4 aromatic heterocycles. The van der Waals surface area contributed by atoms with Crippen LogP contribution in [0.3, 0.4) is 0 Å². The van der Waals surface area contributed by atoms with Gasteiger partial charge in [-0.1, -0.05) is 42.5 Å². The molecular weight excluding hydrogens is 416 g/mol. The summed E-state index contributed by atoms with van der Waals surface area (Å²) in [5.41, 5.74) is 6.85. The van der Waals surface area contributed by atoms with E-state index in [0.717, 1.165) is 22.5 Å². The van der Waals surface area contributed by atoms with Crippen molar-refractivity contribution in [3.8, 4) is 22.6 Å². The summed E-state index contributed by atoms with van der Waals surface area (Å²) in [5.74, 6) is 0.897. The molecule has 0 bridgehead atoms. The lowest BCUT2D eigenvalue weighted by atomic mass is 10.1. The largest absolute Gasteiger partial charge is 0.309 e. The van der Waals surface area contributed by atoms with Crippen molar-refractivity contribution < 1.29 is 0 Å². The molecule has 4 heteroatoms. The zero-order valence-corrected chi connectivity index (χ0v) is 18.3. The maximum absolute atomic E-state index is 4.77. The summed E-state index contributed by atoms with van der Waals surface area (Å²) < 4.78 is 4.51. The van der Waals surface area contributed by atoms with Crippen molar-refractivity contribution in [3.05, 3.63) is 122 Å². The van der Waals surface area contributed by atoms with Gasteiger partial charge in [-0.2, -0.15) is 0 Å². The van der Waals surface area contributed by atoms with E-state index < -0.39 is 0 Å².